The molecule has 328 valence electrons. The quantitative estimate of drug-likeness (QED) is 0.113. The van der Waals surface area contributed by atoms with Crippen LogP contribution in [0.1, 0.15) is 22.6 Å². The van der Waals surface area contributed by atoms with E-state index in [2.05, 4.69) is 264 Å². The Bertz CT molecular complexity index is 3800. The highest BCUT2D eigenvalue weighted by Crippen LogP contribution is 2.47. The van der Waals surface area contributed by atoms with Gasteiger partial charge < -0.3 is 0 Å². The van der Waals surface area contributed by atoms with Gasteiger partial charge in [-0.25, -0.2) is 0 Å². The molecule has 0 fully saturated rings. The number of fused-ring (bicyclic) bond motifs is 9. The van der Waals surface area contributed by atoms with Crippen molar-refractivity contribution in [3.8, 4) is 34.4 Å². The molecule has 1 aliphatic rings. The molecule has 0 saturated heterocycles. The van der Waals surface area contributed by atoms with Crippen LogP contribution < -0.4 is 20.7 Å². The molecule has 0 amide bonds. The topological polar surface area (TPSA) is 48.5 Å². The number of hydrogen-bond donors (Lipinski definition) is 0. The highest BCUT2D eigenvalue weighted by atomic mass is 28.3. The molecule has 0 unspecified atom stereocenters. The van der Waals surface area contributed by atoms with E-state index in [0.29, 0.717) is 17.7 Å². The lowest BCUT2D eigenvalue weighted by molar-refractivity contribution is 0.893. The van der Waals surface area contributed by atoms with E-state index in [1.807, 2.05) is 0 Å². The predicted octanol–water partition coefficient (Wildman–Crippen LogP) is 12.3. The monoisotopic (exact) mass is 909 g/mol. The zero-order valence-electron chi connectivity index (χ0n) is 38.1. The van der Waals surface area contributed by atoms with Crippen molar-refractivity contribution in [3.63, 3.8) is 0 Å². The van der Waals surface area contributed by atoms with Crippen molar-refractivity contribution in [1.82, 2.24) is 24.1 Å². The lowest BCUT2D eigenvalue weighted by Crippen LogP contribution is -2.74. The van der Waals surface area contributed by atoms with Gasteiger partial charge in [-0.1, -0.05) is 231 Å². The molecule has 0 bridgehead atoms. The van der Waals surface area contributed by atoms with Gasteiger partial charge in [0.05, 0.1) is 22.1 Å². The third kappa shape index (κ3) is 6.06. The van der Waals surface area contributed by atoms with E-state index in [1.54, 1.807) is 0 Å². The molecule has 70 heavy (non-hydrogen) atoms. The van der Waals surface area contributed by atoms with Crippen LogP contribution in [0.5, 0.6) is 0 Å². The second-order valence-electron chi connectivity index (χ2n) is 18.3. The standard InChI is InChI=1S/C64H43N5Si/c1-3-19-45(20-4-1)70(46-21-5-2-6-22-46,47-39-35-43(36-40-47)61-55-29-9-7-23-49(55)50-24-8-10-30-56(50)61)48-41-37-44(38-42-48)62-65-63(68-57-31-15-11-25-51(57)52-26-12-16-32-58(52)68)67-64(66-62)69-59-33-17-13-27-53(59)54-28-14-18-34-60(54)69/h1-42,61H. The molecule has 3 heterocycles. The van der Waals surface area contributed by atoms with Crippen LogP contribution in [0.25, 0.3) is 78.0 Å². The molecule has 0 saturated carbocycles. The fourth-order valence-corrected chi connectivity index (χ4v) is 16.4. The lowest BCUT2D eigenvalue weighted by atomic mass is 9.89. The summed E-state index contributed by atoms with van der Waals surface area (Å²) in [6, 6.07) is 92.9. The lowest BCUT2D eigenvalue weighted by Gasteiger charge is -2.34. The summed E-state index contributed by atoms with van der Waals surface area (Å²) < 4.78 is 4.38. The van der Waals surface area contributed by atoms with Gasteiger partial charge in [0, 0.05) is 33.0 Å². The van der Waals surface area contributed by atoms with Gasteiger partial charge in [0.1, 0.15) is 0 Å². The normalized spacial score (nSPS) is 12.5. The zero-order chi connectivity index (χ0) is 46.2. The van der Waals surface area contributed by atoms with Gasteiger partial charge >= 0.3 is 0 Å². The number of aromatic nitrogens is 5. The Morgan fingerprint density at radius 3 is 1.07 bits per heavy atom. The van der Waals surface area contributed by atoms with Gasteiger partial charge in [0.25, 0.3) is 0 Å². The van der Waals surface area contributed by atoms with Gasteiger partial charge in [-0.15, -0.1) is 0 Å². The third-order valence-corrected chi connectivity index (χ3v) is 19.5. The summed E-state index contributed by atoms with van der Waals surface area (Å²) in [5.74, 6) is 1.90. The maximum Gasteiger partial charge on any atom is 0.240 e. The molecule has 13 aromatic rings. The summed E-state index contributed by atoms with van der Waals surface area (Å²) in [5, 5.41) is 9.84. The minimum atomic E-state index is -2.92. The Balaban J connectivity index is 0.966. The maximum absolute atomic E-state index is 5.40. The van der Waals surface area contributed by atoms with E-state index >= 15 is 0 Å². The summed E-state index contributed by atoms with van der Waals surface area (Å²) in [4.78, 5) is 16.2. The molecule has 0 radical (unpaired) electrons. The maximum atomic E-state index is 5.40. The molecular weight excluding hydrogens is 867 g/mol. The van der Waals surface area contributed by atoms with Crippen LogP contribution in [0.15, 0.2) is 255 Å². The minimum absolute atomic E-state index is 0.172. The van der Waals surface area contributed by atoms with Crippen molar-refractivity contribution >= 4 is 72.4 Å². The third-order valence-electron chi connectivity index (χ3n) is 14.7. The predicted molar refractivity (Wildman–Crippen MR) is 290 cm³/mol. The highest BCUT2D eigenvalue weighted by Gasteiger charge is 2.42. The minimum Gasteiger partial charge on any atom is -0.278 e. The van der Waals surface area contributed by atoms with E-state index in [-0.39, 0.29) is 5.92 Å². The van der Waals surface area contributed by atoms with E-state index in [1.165, 1.54) is 48.6 Å². The summed E-state index contributed by atoms with van der Waals surface area (Å²) in [7, 11) is -2.92. The van der Waals surface area contributed by atoms with Crippen LogP contribution in [-0.4, -0.2) is 32.2 Å². The Kier molecular flexibility index (Phi) is 9.22. The molecular formula is C64H43N5Si. The second kappa shape index (κ2) is 16.1. The van der Waals surface area contributed by atoms with Crippen molar-refractivity contribution < 1.29 is 0 Å². The van der Waals surface area contributed by atoms with Crippen molar-refractivity contribution in [2.75, 3.05) is 0 Å². The summed E-state index contributed by atoms with van der Waals surface area (Å²) in [6.07, 6.45) is 0. The molecule has 3 aromatic heterocycles. The molecule has 5 nitrogen and oxygen atoms in total. The van der Waals surface area contributed by atoms with Crippen molar-refractivity contribution in [3.05, 3.63) is 271 Å². The first-order chi connectivity index (χ1) is 34.7. The van der Waals surface area contributed by atoms with Crippen LogP contribution in [0.2, 0.25) is 0 Å². The Hall–Kier alpha value is -8.97. The Labute approximate surface area is 406 Å². The van der Waals surface area contributed by atoms with Crippen LogP contribution in [0, 0.1) is 0 Å². The molecule has 0 aliphatic heterocycles. The van der Waals surface area contributed by atoms with Crippen LogP contribution in [-0.2, 0) is 0 Å². The van der Waals surface area contributed by atoms with Crippen LogP contribution in [0.3, 0.4) is 0 Å². The van der Waals surface area contributed by atoms with Crippen LogP contribution >= 0.6 is 0 Å². The molecule has 1 aliphatic carbocycles. The second-order valence-corrected chi connectivity index (χ2v) is 22.1. The number of rotatable bonds is 8. The average molecular weight is 910 g/mol. The van der Waals surface area contributed by atoms with E-state index < -0.39 is 8.07 Å². The fourth-order valence-electron chi connectivity index (χ4n) is 11.6. The van der Waals surface area contributed by atoms with Crippen molar-refractivity contribution in [2.24, 2.45) is 0 Å². The first-order valence-electron chi connectivity index (χ1n) is 24.0. The number of nitrogens with zero attached hydrogens (tertiary/aromatic N) is 5. The Morgan fingerprint density at radius 2 is 0.643 bits per heavy atom. The SMILES string of the molecule is c1ccc([Si](c2ccccc2)(c2ccc(-c3nc(-n4c5ccccc5c5ccccc54)nc(-n4c5ccccc5c5ccccc54)n3)cc2)c2ccc(C3c4ccccc4-c4ccccc43)cc2)cc1. The van der Waals surface area contributed by atoms with Gasteiger partial charge in [-0.3, -0.25) is 9.13 Å². The molecule has 6 heteroatoms. The number of benzene rings is 10. The van der Waals surface area contributed by atoms with E-state index in [9.17, 15) is 0 Å². The van der Waals surface area contributed by atoms with Gasteiger partial charge in [0.2, 0.25) is 11.9 Å². The zero-order valence-corrected chi connectivity index (χ0v) is 39.1. The molecule has 10 aromatic carbocycles. The van der Waals surface area contributed by atoms with E-state index in [4.69, 9.17) is 15.0 Å². The van der Waals surface area contributed by atoms with Crippen molar-refractivity contribution in [1.29, 1.82) is 0 Å². The first kappa shape index (κ1) is 40.1. The van der Waals surface area contributed by atoms with Gasteiger partial charge in [-0.05, 0) is 72.8 Å². The van der Waals surface area contributed by atoms with E-state index in [0.717, 1.165) is 49.2 Å². The van der Waals surface area contributed by atoms with Crippen LogP contribution in [0.4, 0.5) is 0 Å². The smallest absolute Gasteiger partial charge is 0.240 e. The number of hydrogen-bond acceptors (Lipinski definition) is 3. The largest absolute Gasteiger partial charge is 0.278 e. The molecule has 0 N–H and O–H groups in total. The summed E-state index contributed by atoms with van der Waals surface area (Å²) >= 11 is 0. The molecule has 0 spiro atoms. The highest BCUT2D eigenvalue weighted by molar-refractivity contribution is 7.19. The van der Waals surface area contributed by atoms with Crippen molar-refractivity contribution in [2.45, 2.75) is 5.92 Å². The molecule has 14 rings (SSSR count). The molecule has 0 atom stereocenters. The average Bonchev–Trinajstić information content (AvgIpc) is 4.08. The fraction of sp³-hybridized carbons (Fsp3) is 0.0156. The Morgan fingerprint density at radius 1 is 0.300 bits per heavy atom. The number of para-hydroxylation sites is 4. The summed E-state index contributed by atoms with van der Waals surface area (Å²) in [6.45, 7) is 0. The van der Waals surface area contributed by atoms with Gasteiger partial charge in [0.15, 0.2) is 13.9 Å². The first-order valence-corrected chi connectivity index (χ1v) is 26.0. The van der Waals surface area contributed by atoms with Gasteiger partial charge in [-0.2, -0.15) is 15.0 Å². The summed E-state index contributed by atoms with van der Waals surface area (Å²) in [5.41, 5.74) is 11.7.